The molecule has 1 atom stereocenters. The molecule has 132 valence electrons. The number of thiazole rings is 1. The fraction of sp³-hybridized carbons (Fsp3) is 0.158. The van der Waals surface area contributed by atoms with Gasteiger partial charge in [0.2, 0.25) is 0 Å². The maximum absolute atomic E-state index is 13.7. The standard InChI is InChI=1S/C19H17FN4S2/c1-24-7-6-21-18(24)17(13-3-2-4-15(20)9-13)22-10-16-12-26-19(23-16)14-5-8-25-11-14/h2-9,11-12,17,22H,10H2,1H3. The van der Waals surface area contributed by atoms with Crippen LogP contribution in [0.4, 0.5) is 4.39 Å². The molecule has 1 N–H and O–H groups in total. The van der Waals surface area contributed by atoms with Gasteiger partial charge in [-0.05, 0) is 29.1 Å². The molecule has 7 heteroatoms. The van der Waals surface area contributed by atoms with Gasteiger partial charge in [-0.15, -0.1) is 11.3 Å². The van der Waals surface area contributed by atoms with Gasteiger partial charge in [-0.25, -0.2) is 14.4 Å². The highest BCUT2D eigenvalue weighted by Gasteiger charge is 2.19. The van der Waals surface area contributed by atoms with Crippen molar-refractivity contribution in [2.24, 2.45) is 7.05 Å². The van der Waals surface area contributed by atoms with Gasteiger partial charge in [-0.1, -0.05) is 12.1 Å². The molecule has 3 heterocycles. The highest BCUT2D eigenvalue weighted by Crippen LogP contribution is 2.26. The Morgan fingerprint density at radius 2 is 2.19 bits per heavy atom. The molecule has 0 aliphatic carbocycles. The van der Waals surface area contributed by atoms with Crippen LogP contribution in [0, 0.1) is 5.82 Å². The van der Waals surface area contributed by atoms with Gasteiger partial charge in [-0.2, -0.15) is 11.3 Å². The van der Waals surface area contributed by atoms with Gasteiger partial charge in [-0.3, -0.25) is 5.32 Å². The van der Waals surface area contributed by atoms with E-state index in [1.54, 1.807) is 41.0 Å². The molecule has 26 heavy (non-hydrogen) atoms. The summed E-state index contributed by atoms with van der Waals surface area (Å²) < 4.78 is 15.7. The van der Waals surface area contributed by atoms with Crippen LogP contribution in [-0.2, 0) is 13.6 Å². The smallest absolute Gasteiger partial charge is 0.130 e. The molecule has 0 saturated carbocycles. The molecule has 4 aromatic rings. The second-order valence-corrected chi connectivity index (χ2v) is 7.56. The average Bonchev–Trinajstić information content (AvgIpc) is 3.37. The number of rotatable bonds is 6. The summed E-state index contributed by atoms with van der Waals surface area (Å²) in [6, 6.07) is 8.49. The summed E-state index contributed by atoms with van der Waals surface area (Å²) >= 11 is 3.30. The molecule has 3 aromatic heterocycles. The zero-order valence-corrected chi connectivity index (χ0v) is 15.7. The monoisotopic (exact) mass is 384 g/mol. The molecule has 4 rings (SSSR count). The number of halogens is 1. The summed E-state index contributed by atoms with van der Waals surface area (Å²) in [5.74, 6) is 0.584. The average molecular weight is 385 g/mol. The lowest BCUT2D eigenvalue weighted by atomic mass is 10.1. The van der Waals surface area contributed by atoms with Crippen LogP contribution in [0.15, 0.2) is 58.9 Å². The summed E-state index contributed by atoms with van der Waals surface area (Å²) in [6.07, 6.45) is 3.64. The topological polar surface area (TPSA) is 42.7 Å². The van der Waals surface area contributed by atoms with Crippen molar-refractivity contribution in [1.82, 2.24) is 19.9 Å². The van der Waals surface area contributed by atoms with Crippen molar-refractivity contribution in [3.05, 3.63) is 81.8 Å². The van der Waals surface area contributed by atoms with E-state index in [0.717, 1.165) is 27.7 Å². The van der Waals surface area contributed by atoms with Gasteiger partial charge in [0.25, 0.3) is 0 Å². The van der Waals surface area contributed by atoms with Crippen LogP contribution in [0.5, 0.6) is 0 Å². The van der Waals surface area contributed by atoms with E-state index in [2.05, 4.69) is 32.5 Å². The van der Waals surface area contributed by atoms with Crippen molar-refractivity contribution in [2.45, 2.75) is 12.6 Å². The molecule has 0 spiro atoms. The van der Waals surface area contributed by atoms with Crippen LogP contribution in [0.3, 0.4) is 0 Å². The lowest BCUT2D eigenvalue weighted by molar-refractivity contribution is 0.547. The second-order valence-electron chi connectivity index (χ2n) is 5.92. The zero-order chi connectivity index (χ0) is 17.9. The largest absolute Gasteiger partial charge is 0.336 e. The summed E-state index contributed by atoms with van der Waals surface area (Å²) in [7, 11) is 1.94. The van der Waals surface area contributed by atoms with E-state index in [1.807, 2.05) is 23.9 Å². The van der Waals surface area contributed by atoms with Gasteiger partial charge in [0.05, 0.1) is 11.7 Å². The normalized spacial score (nSPS) is 12.4. The molecule has 1 unspecified atom stereocenters. The van der Waals surface area contributed by atoms with Crippen molar-refractivity contribution in [1.29, 1.82) is 0 Å². The molecular formula is C19H17FN4S2. The number of hydrogen-bond donors (Lipinski definition) is 1. The molecule has 0 fully saturated rings. The number of hydrogen-bond acceptors (Lipinski definition) is 5. The summed E-state index contributed by atoms with van der Waals surface area (Å²) in [5, 5.41) is 10.7. The number of imidazole rings is 1. The second kappa shape index (κ2) is 7.49. The van der Waals surface area contributed by atoms with Crippen molar-refractivity contribution in [3.63, 3.8) is 0 Å². The summed E-state index contributed by atoms with van der Waals surface area (Å²) in [5.41, 5.74) is 2.96. The first-order valence-corrected chi connectivity index (χ1v) is 9.96. The molecule has 0 bridgehead atoms. The van der Waals surface area contributed by atoms with E-state index >= 15 is 0 Å². The van der Waals surface area contributed by atoms with E-state index in [9.17, 15) is 4.39 Å². The van der Waals surface area contributed by atoms with Crippen molar-refractivity contribution < 1.29 is 4.39 Å². The summed E-state index contributed by atoms with van der Waals surface area (Å²) in [4.78, 5) is 9.14. The van der Waals surface area contributed by atoms with Gasteiger partial charge < -0.3 is 4.57 Å². The Balaban J connectivity index is 1.57. The van der Waals surface area contributed by atoms with Crippen molar-refractivity contribution in [2.75, 3.05) is 0 Å². The number of aromatic nitrogens is 3. The maximum atomic E-state index is 13.7. The molecule has 0 radical (unpaired) electrons. The van der Waals surface area contributed by atoms with Crippen molar-refractivity contribution in [3.8, 4) is 10.6 Å². The van der Waals surface area contributed by atoms with Gasteiger partial charge in [0.1, 0.15) is 16.6 Å². The minimum Gasteiger partial charge on any atom is -0.336 e. The molecule has 0 aliphatic heterocycles. The predicted molar refractivity (Wildman–Crippen MR) is 104 cm³/mol. The zero-order valence-electron chi connectivity index (χ0n) is 14.1. The van der Waals surface area contributed by atoms with E-state index in [4.69, 9.17) is 4.98 Å². The third-order valence-electron chi connectivity index (χ3n) is 4.11. The Morgan fingerprint density at radius 3 is 2.92 bits per heavy atom. The summed E-state index contributed by atoms with van der Waals surface area (Å²) in [6.45, 7) is 0.578. The SMILES string of the molecule is Cn1ccnc1C(NCc1csc(-c2ccsc2)n1)c1cccc(F)c1. The first-order chi connectivity index (χ1) is 12.7. The lowest BCUT2D eigenvalue weighted by Gasteiger charge is -2.18. The van der Waals surface area contributed by atoms with Gasteiger partial charge in [0, 0.05) is 42.3 Å². The third kappa shape index (κ3) is 3.60. The van der Waals surface area contributed by atoms with Gasteiger partial charge >= 0.3 is 0 Å². The Labute approximate surface area is 159 Å². The highest BCUT2D eigenvalue weighted by molar-refractivity contribution is 7.14. The Morgan fingerprint density at radius 1 is 1.27 bits per heavy atom. The highest BCUT2D eigenvalue weighted by atomic mass is 32.1. The molecule has 0 amide bonds. The Hall–Kier alpha value is -2.35. The van der Waals surface area contributed by atoms with E-state index in [0.29, 0.717) is 6.54 Å². The van der Waals surface area contributed by atoms with Crippen LogP contribution < -0.4 is 5.32 Å². The Kier molecular flexibility index (Phi) is 4.92. The number of aryl methyl sites for hydroxylation is 1. The number of nitrogens with zero attached hydrogens (tertiary/aromatic N) is 3. The van der Waals surface area contributed by atoms with E-state index < -0.39 is 0 Å². The number of benzene rings is 1. The van der Waals surface area contributed by atoms with E-state index in [-0.39, 0.29) is 11.9 Å². The van der Waals surface area contributed by atoms with E-state index in [1.165, 1.54) is 6.07 Å². The first-order valence-electron chi connectivity index (χ1n) is 8.14. The fourth-order valence-corrected chi connectivity index (χ4v) is 4.35. The molecule has 1 aromatic carbocycles. The molecule has 0 aliphatic rings. The predicted octanol–water partition coefficient (Wildman–Crippen LogP) is 4.62. The Bertz CT molecular complexity index is 991. The third-order valence-corrected chi connectivity index (χ3v) is 5.73. The van der Waals surface area contributed by atoms with Crippen LogP contribution >= 0.6 is 22.7 Å². The lowest BCUT2D eigenvalue weighted by Crippen LogP contribution is -2.25. The van der Waals surface area contributed by atoms with Crippen LogP contribution in [0.2, 0.25) is 0 Å². The van der Waals surface area contributed by atoms with Crippen molar-refractivity contribution >= 4 is 22.7 Å². The van der Waals surface area contributed by atoms with Gasteiger partial charge in [0.15, 0.2) is 0 Å². The molecular weight excluding hydrogens is 367 g/mol. The minimum absolute atomic E-state index is 0.211. The molecule has 4 nitrogen and oxygen atoms in total. The number of nitrogens with one attached hydrogen (secondary N) is 1. The maximum Gasteiger partial charge on any atom is 0.130 e. The fourth-order valence-electron chi connectivity index (χ4n) is 2.81. The minimum atomic E-state index is -0.253. The first kappa shape index (κ1) is 17.1. The molecule has 0 saturated heterocycles. The van der Waals surface area contributed by atoms with Crippen LogP contribution in [0.25, 0.3) is 10.6 Å². The number of thiophene rings is 1. The quantitative estimate of drug-likeness (QED) is 0.527. The van der Waals surface area contributed by atoms with Crippen LogP contribution in [0.1, 0.15) is 23.1 Å². The van der Waals surface area contributed by atoms with Crippen LogP contribution in [-0.4, -0.2) is 14.5 Å².